The number of carboxylic acid groups (broad SMARTS) is 1. The highest BCUT2D eigenvalue weighted by Gasteiger charge is 2.17. The van der Waals surface area contributed by atoms with Crippen LogP contribution >= 0.6 is 0 Å². The second kappa shape index (κ2) is 10.3. The van der Waals surface area contributed by atoms with E-state index in [4.69, 9.17) is 9.52 Å². The van der Waals surface area contributed by atoms with Crippen molar-refractivity contribution in [3.63, 3.8) is 0 Å². The molecule has 0 saturated heterocycles. The van der Waals surface area contributed by atoms with Crippen molar-refractivity contribution in [2.75, 3.05) is 5.32 Å². The Bertz CT molecular complexity index is 1240. The van der Waals surface area contributed by atoms with Crippen LogP contribution in [0.15, 0.2) is 77.2 Å². The number of nitrogens with zero attached hydrogens (tertiary/aromatic N) is 1. The lowest BCUT2D eigenvalue weighted by atomic mass is 9.94. The SMILES string of the molecule is CC(C)C(Nc1ccc(C(=O)CCCC(=O)O)cc1)c1ccc(-c2nc3ccccc3o2)cc1. The standard InChI is InChI=1S/C28H28N2O4/c1-18(2)27(29-22-16-14-19(15-17-22)24(31)7-5-9-26(32)33)20-10-12-21(13-11-20)28-30-23-6-3-4-8-25(23)34-28/h3-4,6,8,10-18,27,29H,5,7,9H2,1-2H3,(H,32,33). The number of carboxylic acids is 1. The van der Waals surface area contributed by atoms with E-state index in [1.54, 1.807) is 12.1 Å². The minimum Gasteiger partial charge on any atom is -0.481 e. The summed E-state index contributed by atoms with van der Waals surface area (Å²) in [5.74, 6) is 0.00914. The number of ketones is 1. The largest absolute Gasteiger partial charge is 0.481 e. The number of aromatic nitrogens is 1. The summed E-state index contributed by atoms with van der Waals surface area (Å²) in [6.07, 6.45) is 0.593. The lowest BCUT2D eigenvalue weighted by Crippen LogP contribution is -2.16. The van der Waals surface area contributed by atoms with Crippen molar-refractivity contribution < 1.29 is 19.1 Å². The molecular formula is C28H28N2O4. The fourth-order valence-electron chi connectivity index (χ4n) is 3.94. The zero-order chi connectivity index (χ0) is 24.1. The number of para-hydroxylation sites is 2. The summed E-state index contributed by atoms with van der Waals surface area (Å²) in [7, 11) is 0. The maximum absolute atomic E-state index is 12.3. The third-order valence-electron chi connectivity index (χ3n) is 5.80. The molecule has 1 atom stereocenters. The molecule has 6 heteroatoms. The molecule has 4 aromatic rings. The molecule has 6 nitrogen and oxygen atoms in total. The molecule has 0 aliphatic heterocycles. The Morgan fingerprint density at radius 2 is 1.65 bits per heavy atom. The van der Waals surface area contributed by atoms with E-state index < -0.39 is 5.97 Å². The first-order chi connectivity index (χ1) is 16.4. The van der Waals surface area contributed by atoms with Crippen LogP contribution in [0, 0.1) is 5.92 Å². The number of aliphatic carboxylic acids is 1. The van der Waals surface area contributed by atoms with Crippen molar-refractivity contribution in [2.45, 2.75) is 39.2 Å². The number of hydrogen-bond donors (Lipinski definition) is 2. The fraction of sp³-hybridized carbons (Fsp3) is 0.250. The van der Waals surface area contributed by atoms with Crippen LogP contribution in [0.2, 0.25) is 0 Å². The molecule has 0 radical (unpaired) electrons. The molecule has 0 bridgehead atoms. The Morgan fingerprint density at radius 3 is 2.29 bits per heavy atom. The first-order valence-corrected chi connectivity index (χ1v) is 11.5. The van der Waals surface area contributed by atoms with Crippen LogP contribution in [0.5, 0.6) is 0 Å². The van der Waals surface area contributed by atoms with Gasteiger partial charge in [0.2, 0.25) is 5.89 Å². The number of oxazole rings is 1. The lowest BCUT2D eigenvalue weighted by Gasteiger charge is -2.24. The van der Waals surface area contributed by atoms with Gasteiger partial charge in [0.15, 0.2) is 11.4 Å². The van der Waals surface area contributed by atoms with Crippen molar-refractivity contribution in [1.29, 1.82) is 0 Å². The van der Waals surface area contributed by atoms with Crippen molar-refractivity contribution in [3.8, 4) is 11.5 Å². The molecule has 4 rings (SSSR count). The molecule has 174 valence electrons. The zero-order valence-electron chi connectivity index (χ0n) is 19.3. The molecule has 0 aliphatic rings. The first-order valence-electron chi connectivity index (χ1n) is 11.5. The van der Waals surface area contributed by atoms with E-state index >= 15 is 0 Å². The molecule has 1 heterocycles. The van der Waals surface area contributed by atoms with E-state index in [1.165, 1.54) is 0 Å². The van der Waals surface area contributed by atoms with Gasteiger partial charge in [0, 0.05) is 29.7 Å². The van der Waals surface area contributed by atoms with Crippen LogP contribution < -0.4 is 5.32 Å². The highest BCUT2D eigenvalue weighted by Crippen LogP contribution is 2.30. The lowest BCUT2D eigenvalue weighted by molar-refractivity contribution is -0.137. The van der Waals surface area contributed by atoms with Gasteiger partial charge in [0.05, 0.1) is 6.04 Å². The highest BCUT2D eigenvalue weighted by atomic mass is 16.4. The zero-order valence-corrected chi connectivity index (χ0v) is 19.3. The monoisotopic (exact) mass is 456 g/mol. The second-order valence-electron chi connectivity index (χ2n) is 8.72. The van der Waals surface area contributed by atoms with Gasteiger partial charge >= 0.3 is 5.97 Å². The van der Waals surface area contributed by atoms with Crippen LogP contribution in [0.25, 0.3) is 22.6 Å². The smallest absolute Gasteiger partial charge is 0.303 e. The van der Waals surface area contributed by atoms with E-state index in [1.807, 2.05) is 48.5 Å². The summed E-state index contributed by atoms with van der Waals surface area (Å²) in [6.45, 7) is 4.32. The van der Waals surface area contributed by atoms with Gasteiger partial charge in [-0.3, -0.25) is 9.59 Å². The fourth-order valence-corrected chi connectivity index (χ4v) is 3.94. The Morgan fingerprint density at radius 1 is 0.941 bits per heavy atom. The van der Waals surface area contributed by atoms with Gasteiger partial charge in [0.1, 0.15) is 5.52 Å². The van der Waals surface area contributed by atoms with Crippen molar-refractivity contribution >= 4 is 28.5 Å². The van der Waals surface area contributed by atoms with Crippen molar-refractivity contribution in [2.24, 2.45) is 5.92 Å². The summed E-state index contributed by atoms with van der Waals surface area (Å²) in [5.41, 5.74) is 5.19. The van der Waals surface area contributed by atoms with Gasteiger partial charge < -0.3 is 14.8 Å². The van der Waals surface area contributed by atoms with Crippen LogP contribution in [-0.4, -0.2) is 21.8 Å². The summed E-state index contributed by atoms with van der Waals surface area (Å²) in [4.78, 5) is 27.5. The third kappa shape index (κ3) is 5.52. The molecule has 0 aliphatic carbocycles. The van der Waals surface area contributed by atoms with Crippen LogP contribution in [0.3, 0.4) is 0 Å². The maximum atomic E-state index is 12.3. The molecule has 0 fully saturated rings. The van der Waals surface area contributed by atoms with E-state index in [-0.39, 0.29) is 24.7 Å². The molecule has 1 aromatic heterocycles. The minimum atomic E-state index is -0.881. The summed E-state index contributed by atoms with van der Waals surface area (Å²) in [5, 5.41) is 12.3. The first kappa shape index (κ1) is 23.2. The number of rotatable bonds is 10. The number of nitrogens with one attached hydrogen (secondary N) is 1. The molecule has 1 unspecified atom stereocenters. The highest BCUT2D eigenvalue weighted by molar-refractivity contribution is 5.96. The van der Waals surface area contributed by atoms with Gasteiger partial charge in [-0.25, -0.2) is 4.98 Å². The topological polar surface area (TPSA) is 92.4 Å². The van der Waals surface area contributed by atoms with Crippen LogP contribution in [0.4, 0.5) is 5.69 Å². The number of hydrogen-bond acceptors (Lipinski definition) is 5. The Balaban J connectivity index is 1.45. The van der Waals surface area contributed by atoms with E-state index in [0.29, 0.717) is 23.8 Å². The second-order valence-corrected chi connectivity index (χ2v) is 8.72. The average molecular weight is 457 g/mol. The molecule has 0 saturated carbocycles. The number of carbonyl (C=O) groups is 2. The van der Waals surface area contributed by atoms with Crippen molar-refractivity contribution in [3.05, 3.63) is 83.9 Å². The average Bonchev–Trinajstić information content (AvgIpc) is 3.27. The van der Waals surface area contributed by atoms with Crippen LogP contribution in [-0.2, 0) is 4.79 Å². The normalized spacial score (nSPS) is 12.1. The summed E-state index contributed by atoms with van der Waals surface area (Å²) in [6, 6.07) is 23.4. The molecule has 3 aromatic carbocycles. The van der Waals surface area contributed by atoms with Crippen molar-refractivity contribution in [1.82, 2.24) is 4.98 Å². The quantitative estimate of drug-likeness (QED) is 0.257. The Hall–Kier alpha value is -3.93. The van der Waals surface area contributed by atoms with E-state index in [2.05, 4.69) is 36.3 Å². The number of carbonyl (C=O) groups excluding carboxylic acids is 1. The number of anilines is 1. The number of fused-ring (bicyclic) bond motifs is 1. The molecule has 2 N–H and O–H groups in total. The van der Waals surface area contributed by atoms with Gasteiger partial charge in [-0.2, -0.15) is 0 Å². The third-order valence-corrected chi connectivity index (χ3v) is 5.80. The summed E-state index contributed by atoms with van der Waals surface area (Å²) < 4.78 is 5.88. The van der Waals surface area contributed by atoms with Gasteiger partial charge in [-0.1, -0.05) is 38.1 Å². The number of Topliss-reactive ketones (excluding diaryl/α,β-unsaturated/α-hetero) is 1. The molecular weight excluding hydrogens is 428 g/mol. The van der Waals surface area contributed by atoms with Crippen LogP contribution in [0.1, 0.15) is 55.1 Å². The number of benzene rings is 3. The van der Waals surface area contributed by atoms with Gasteiger partial charge in [-0.15, -0.1) is 0 Å². The molecule has 0 spiro atoms. The maximum Gasteiger partial charge on any atom is 0.303 e. The predicted octanol–water partition coefficient (Wildman–Crippen LogP) is 6.74. The Labute approximate surface area is 198 Å². The van der Waals surface area contributed by atoms with E-state index in [0.717, 1.165) is 27.9 Å². The molecule has 0 amide bonds. The van der Waals surface area contributed by atoms with Gasteiger partial charge in [-0.05, 0) is 66.4 Å². The van der Waals surface area contributed by atoms with Gasteiger partial charge in [0.25, 0.3) is 0 Å². The van der Waals surface area contributed by atoms with E-state index in [9.17, 15) is 9.59 Å². The summed E-state index contributed by atoms with van der Waals surface area (Å²) >= 11 is 0. The molecule has 34 heavy (non-hydrogen) atoms. The predicted molar refractivity (Wildman–Crippen MR) is 133 cm³/mol. The minimum absolute atomic E-state index is 0.00659. The Kier molecular flexibility index (Phi) is 7.07.